The second kappa shape index (κ2) is 13.2. The molecule has 1 aromatic heterocycles. The first-order valence-electron chi connectivity index (χ1n) is 8.08. The van der Waals surface area contributed by atoms with Crippen LogP contribution in [0.3, 0.4) is 0 Å². The van der Waals surface area contributed by atoms with Crippen molar-refractivity contribution in [3.8, 4) is 0 Å². The fraction of sp³-hybridized carbons (Fsp3) is 0.625. The third kappa shape index (κ3) is 10.2. The highest BCUT2D eigenvalue weighted by Gasteiger charge is 2.05. The fourth-order valence-corrected chi connectivity index (χ4v) is 1.88. The van der Waals surface area contributed by atoms with Gasteiger partial charge in [0, 0.05) is 44.5 Å². The minimum Gasteiger partial charge on any atom is -0.357 e. The molecule has 3 N–H and O–H groups in total. The highest BCUT2D eigenvalue weighted by molar-refractivity contribution is 14.0. The molecule has 1 amide bonds. The number of nitrogens with zero attached hydrogens (tertiary/aromatic N) is 2. The van der Waals surface area contributed by atoms with Crippen LogP contribution in [0.1, 0.15) is 33.6 Å². The van der Waals surface area contributed by atoms with E-state index in [1.54, 1.807) is 0 Å². The predicted octanol–water partition coefficient (Wildman–Crippen LogP) is 1.97. The molecular weight excluding hydrogens is 405 g/mol. The van der Waals surface area contributed by atoms with Gasteiger partial charge in [0.05, 0.1) is 6.54 Å². The van der Waals surface area contributed by atoms with E-state index in [9.17, 15) is 4.79 Å². The fourth-order valence-electron chi connectivity index (χ4n) is 1.88. The molecule has 0 radical (unpaired) electrons. The first kappa shape index (κ1) is 21.8. The molecular formula is C16H30IN5O. The standard InChI is InChI=1S/C16H29N5O.HI/c1-4-14(3)20-15(22)8-9-18-16(17-5-2)19-10-13-21-11-6-7-12-21;/h6-7,11-12,14H,4-5,8-10,13H2,1-3H3,(H,20,22)(H2,17,18,19);1H. The van der Waals surface area contributed by atoms with Crippen LogP contribution in [0.25, 0.3) is 0 Å². The molecule has 0 saturated carbocycles. The summed E-state index contributed by atoms with van der Waals surface area (Å²) < 4.78 is 2.11. The van der Waals surface area contributed by atoms with Crippen molar-refractivity contribution in [2.24, 2.45) is 4.99 Å². The molecule has 23 heavy (non-hydrogen) atoms. The second-order valence-electron chi connectivity index (χ2n) is 5.24. The number of hydrogen-bond donors (Lipinski definition) is 3. The van der Waals surface area contributed by atoms with Crippen LogP contribution in [0.15, 0.2) is 29.5 Å². The highest BCUT2D eigenvalue weighted by atomic mass is 127. The summed E-state index contributed by atoms with van der Waals surface area (Å²) in [6, 6.07) is 4.24. The summed E-state index contributed by atoms with van der Waals surface area (Å²) in [5, 5.41) is 9.40. The molecule has 0 aromatic carbocycles. The molecule has 0 fully saturated rings. The maximum absolute atomic E-state index is 11.7. The highest BCUT2D eigenvalue weighted by Crippen LogP contribution is 1.91. The van der Waals surface area contributed by atoms with Gasteiger partial charge in [0.1, 0.15) is 0 Å². The van der Waals surface area contributed by atoms with Crippen molar-refractivity contribution in [2.45, 2.75) is 46.2 Å². The van der Waals surface area contributed by atoms with Gasteiger partial charge < -0.3 is 20.5 Å². The molecule has 1 aromatic rings. The molecule has 1 rings (SSSR count). The summed E-state index contributed by atoms with van der Waals surface area (Å²) in [4.78, 5) is 16.1. The lowest BCUT2D eigenvalue weighted by Gasteiger charge is -2.12. The molecule has 0 aliphatic heterocycles. The van der Waals surface area contributed by atoms with Gasteiger partial charge in [0.2, 0.25) is 5.91 Å². The Bertz CT molecular complexity index is 447. The van der Waals surface area contributed by atoms with Crippen molar-refractivity contribution >= 4 is 35.8 Å². The Labute approximate surface area is 156 Å². The number of aromatic nitrogens is 1. The summed E-state index contributed by atoms with van der Waals surface area (Å²) in [7, 11) is 0. The molecule has 0 bridgehead atoms. The van der Waals surface area contributed by atoms with Crippen LogP contribution in [0.4, 0.5) is 0 Å². The second-order valence-corrected chi connectivity index (χ2v) is 5.24. The number of nitrogens with one attached hydrogen (secondary N) is 3. The summed E-state index contributed by atoms with van der Waals surface area (Å²) >= 11 is 0. The predicted molar refractivity (Wildman–Crippen MR) is 106 cm³/mol. The van der Waals surface area contributed by atoms with Crippen molar-refractivity contribution in [1.29, 1.82) is 0 Å². The smallest absolute Gasteiger partial charge is 0.222 e. The molecule has 1 unspecified atom stereocenters. The Balaban J connectivity index is 0.00000484. The first-order valence-corrected chi connectivity index (χ1v) is 8.08. The molecule has 132 valence electrons. The molecule has 1 atom stereocenters. The van der Waals surface area contributed by atoms with E-state index in [-0.39, 0.29) is 35.9 Å². The summed E-state index contributed by atoms with van der Waals surface area (Å²) in [5.74, 6) is 0.812. The van der Waals surface area contributed by atoms with Crippen molar-refractivity contribution in [3.05, 3.63) is 24.5 Å². The normalized spacial score (nSPS) is 12.2. The molecule has 0 saturated heterocycles. The number of amides is 1. The Morgan fingerprint density at radius 2 is 1.91 bits per heavy atom. The summed E-state index contributed by atoms with van der Waals surface area (Å²) in [6.07, 6.45) is 5.42. The van der Waals surface area contributed by atoms with Crippen molar-refractivity contribution in [2.75, 3.05) is 19.6 Å². The zero-order valence-corrected chi connectivity index (χ0v) is 16.7. The van der Waals surface area contributed by atoms with Crippen LogP contribution >= 0.6 is 24.0 Å². The lowest BCUT2D eigenvalue weighted by molar-refractivity contribution is -0.121. The number of carbonyl (C=O) groups excluding carboxylic acids is 1. The monoisotopic (exact) mass is 435 g/mol. The van der Waals surface area contributed by atoms with Gasteiger partial charge in [0.15, 0.2) is 5.96 Å². The minimum absolute atomic E-state index is 0. The van der Waals surface area contributed by atoms with Gasteiger partial charge in [0.25, 0.3) is 0 Å². The van der Waals surface area contributed by atoms with Crippen LogP contribution in [-0.4, -0.2) is 42.1 Å². The van der Waals surface area contributed by atoms with Gasteiger partial charge >= 0.3 is 0 Å². The van der Waals surface area contributed by atoms with Gasteiger partial charge in [-0.05, 0) is 32.4 Å². The van der Waals surface area contributed by atoms with Crippen LogP contribution in [0, 0.1) is 0 Å². The van der Waals surface area contributed by atoms with E-state index in [0.717, 1.165) is 32.0 Å². The van der Waals surface area contributed by atoms with E-state index in [2.05, 4.69) is 32.4 Å². The van der Waals surface area contributed by atoms with Gasteiger partial charge in [-0.25, -0.2) is 0 Å². The topological polar surface area (TPSA) is 70.4 Å². The number of aliphatic imine (C=N–C) groups is 1. The van der Waals surface area contributed by atoms with E-state index >= 15 is 0 Å². The average molecular weight is 435 g/mol. The SMILES string of the molecule is CCNC(=NCCC(=O)NC(C)CC)NCCn1cccc1.I. The number of rotatable bonds is 9. The van der Waals surface area contributed by atoms with E-state index in [4.69, 9.17) is 0 Å². The number of carbonyl (C=O) groups is 1. The third-order valence-electron chi connectivity index (χ3n) is 3.30. The van der Waals surface area contributed by atoms with Crippen LogP contribution in [0.2, 0.25) is 0 Å². The maximum atomic E-state index is 11.7. The summed E-state index contributed by atoms with van der Waals surface area (Å²) in [5.41, 5.74) is 0. The van der Waals surface area contributed by atoms with Gasteiger partial charge in [-0.3, -0.25) is 9.79 Å². The van der Waals surface area contributed by atoms with E-state index in [0.29, 0.717) is 13.0 Å². The Morgan fingerprint density at radius 3 is 2.52 bits per heavy atom. The quantitative estimate of drug-likeness (QED) is 0.316. The number of halogens is 1. The maximum Gasteiger partial charge on any atom is 0.222 e. The summed E-state index contributed by atoms with van der Waals surface area (Å²) in [6.45, 7) is 9.05. The first-order chi connectivity index (χ1) is 10.7. The number of hydrogen-bond acceptors (Lipinski definition) is 2. The lowest BCUT2D eigenvalue weighted by atomic mass is 10.2. The molecule has 7 heteroatoms. The van der Waals surface area contributed by atoms with E-state index in [1.807, 2.05) is 38.4 Å². The lowest BCUT2D eigenvalue weighted by Crippen LogP contribution is -2.39. The van der Waals surface area contributed by atoms with Gasteiger partial charge in [-0.15, -0.1) is 24.0 Å². The molecule has 1 heterocycles. The Kier molecular flexibility index (Phi) is 12.5. The Morgan fingerprint density at radius 1 is 1.22 bits per heavy atom. The molecule has 6 nitrogen and oxygen atoms in total. The third-order valence-corrected chi connectivity index (χ3v) is 3.30. The van der Waals surface area contributed by atoms with E-state index in [1.165, 1.54) is 0 Å². The largest absolute Gasteiger partial charge is 0.357 e. The molecule has 0 aliphatic rings. The van der Waals surface area contributed by atoms with E-state index < -0.39 is 0 Å². The average Bonchev–Trinajstić information content (AvgIpc) is 3.00. The molecule has 0 spiro atoms. The molecule has 0 aliphatic carbocycles. The Hall–Kier alpha value is -1.25. The van der Waals surface area contributed by atoms with Gasteiger partial charge in [-0.2, -0.15) is 0 Å². The zero-order chi connectivity index (χ0) is 16.2. The van der Waals surface area contributed by atoms with Crippen molar-refractivity contribution in [1.82, 2.24) is 20.5 Å². The minimum atomic E-state index is 0. The van der Waals surface area contributed by atoms with Crippen molar-refractivity contribution < 1.29 is 4.79 Å². The van der Waals surface area contributed by atoms with Crippen molar-refractivity contribution in [3.63, 3.8) is 0 Å². The van der Waals surface area contributed by atoms with Crippen LogP contribution in [0.5, 0.6) is 0 Å². The van der Waals surface area contributed by atoms with Crippen LogP contribution < -0.4 is 16.0 Å². The zero-order valence-electron chi connectivity index (χ0n) is 14.3. The van der Waals surface area contributed by atoms with Gasteiger partial charge in [-0.1, -0.05) is 6.92 Å². The number of guanidine groups is 1. The van der Waals surface area contributed by atoms with Crippen LogP contribution in [-0.2, 0) is 11.3 Å².